The second kappa shape index (κ2) is 8.19. The van der Waals surface area contributed by atoms with Gasteiger partial charge in [-0.15, -0.1) is 0 Å². The van der Waals surface area contributed by atoms with Crippen molar-refractivity contribution in [2.45, 2.75) is 32.0 Å². The van der Waals surface area contributed by atoms with Crippen LogP contribution in [0.15, 0.2) is 41.0 Å². The summed E-state index contributed by atoms with van der Waals surface area (Å²) in [6.07, 6.45) is 3.88. The minimum atomic E-state index is 0.292. The Bertz CT molecular complexity index is 773. The molecule has 1 N–H and O–H groups in total. The monoisotopic (exact) mass is 387 g/mol. The van der Waals surface area contributed by atoms with Gasteiger partial charge in [-0.3, -0.25) is 0 Å². The van der Waals surface area contributed by atoms with Gasteiger partial charge in [-0.25, -0.2) is 0 Å². The normalized spacial score (nSPS) is 17.1. The molecule has 2 aliphatic rings. The molecule has 27 heavy (non-hydrogen) atoms. The number of thiocarbonyl (C=S) groups is 1. The van der Waals surface area contributed by atoms with E-state index in [2.05, 4.69) is 34.3 Å². The van der Waals surface area contributed by atoms with Crippen molar-refractivity contribution in [3.8, 4) is 11.5 Å². The molecule has 1 saturated heterocycles. The Labute approximate surface area is 165 Å². The van der Waals surface area contributed by atoms with E-state index in [0.717, 1.165) is 54.8 Å². The average molecular weight is 388 g/mol. The van der Waals surface area contributed by atoms with Crippen LogP contribution in [0.25, 0.3) is 0 Å². The maximum Gasteiger partial charge on any atom is 0.231 e. The van der Waals surface area contributed by atoms with Crippen LogP contribution in [0.2, 0.25) is 0 Å². The molecule has 2 aromatic rings. The largest absolute Gasteiger partial charge is 0.467 e. The van der Waals surface area contributed by atoms with Gasteiger partial charge < -0.3 is 29.0 Å². The van der Waals surface area contributed by atoms with Crippen molar-refractivity contribution in [2.75, 3.05) is 26.9 Å². The van der Waals surface area contributed by atoms with Gasteiger partial charge in [0.15, 0.2) is 16.6 Å². The lowest BCUT2D eigenvalue weighted by molar-refractivity contribution is 0.170. The molecule has 0 unspecified atom stereocenters. The molecule has 2 aliphatic heterocycles. The molecule has 0 spiro atoms. The van der Waals surface area contributed by atoms with Crippen molar-refractivity contribution < 1.29 is 13.9 Å². The standard InChI is InChI=1S/C20H25N3O3S/c1-22-8-6-16(7-9-22)23(20(27)21-12-17-3-2-10-24-17)13-15-4-5-18-19(11-15)26-14-25-18/h2-5,10-11,16H,6-9,12-14H2,1H3,(H,21,27). The predicted octanol–water partition coefficient (Wildman–Crippen LogP) is 2.98. The molecule has 6 nitrogen and oxygen atoms in total. The summed E-state index contributed by atoms with van der Waals surface area (Å²) in [6, 6.07) is 10.4. The third-order valence-electron chi connectivity index (χ3n) is 5.17. The zero-order valence-electron chi connectivity index (χ0n) is 15.5. The van der Waals surface area contributed by atoms with Crippen molar-refractivity contribution in [1.29, 1.82) is 0 Å². The van der Waals surface area contributed by atoms with E-state index in [9.17, 15) is 0 Å². The molecule has 0 aliphatic carbocycles. The van der Waals surface area contributed by atoms with E-state index in [1.165, 1.54) is 5.56 Å². The first-order valence-corrected chi connectivity index (χ1v) is 9.74. The first kappa shape index (κ1) is 18.1. The summed E-state index contributed by atoms with van der Waals surface area (Å²) in [5, 5.41) is 4.12. The lowest BCUT2D eigenvalue weighted by atomic mass is 10.0. The van der Waals surface area contributed by atoms with Crippen molar-refractivity contribution in [2.24, 2.45) is 0 Å². The number of rotatable bonds is 5. The van der Waals surface area contributed by atoms with Gasteiger partial charge in [0.25, 0.3) is 0 Å². The number of likely N-dealkylation sites (tertiary alicyclic amines) is 1. The van der Waals surface area contributed by atoms with E-state index >= 15 is 0 Å². The Balaban J connectivity index is 1.47. The number of furan rings is 1. The van der Waals surface area contributed by atoms with Crippen molar-refractivity contribution >= 4 is 17.3 Å². The van der Waals surface area contributed by atoms with Crippen LogP contribution < -0.4 is 14.8 Å². The number of hydrogen-bond acceptors (Lipinski definition) is 5. The number of fused-ring (bicyclic) bond motifs is 1. The predicted molar refractivity (Wildman–Crippen MR) is 107 cm³/mol. The lowest BCUT2D eigenvalue weighted by Crippen LogP contribution is -2.49. The fourth-order valence-electron chi connectivity index (χ4n) is 3.59. The highest BCUT2D eigenvalue weighted by Gasteiger charge is 2.26. The molecule has 1 aromatic carbocycles. The van der Waals surface area contributed by atoms with Crippen LogP contribution in [0.5, 0.6) is 11.5 Å². The van der Waals surface area contributed by atoms with Gasteiger partial charge in [0, 0.05) is 12.6 Å². The van der Waals surface area contributed by atoms with Crippen molar-refractivity contribution in [1.82, 2.24) is 15.1 Å². The van der Waals surface area contributed by atoms with E-state index in [1.54, 1.807) is 6.26 Å². The molecule has 1 aromatic heterocycles. The van der Waals surface area contributed by atoms with E-state index in [4.69, 9.17) is 26.1 Å². The van der Waals surface area contributed by atoms with Crippen LogP contribution in [0.4, 0.5) is 0 Å². The molecule has 0 bridgehead atoms. The fourth-order valence-corrected chi connectivity index (χ4v) is 3.87. The second-order valence-electron chi connectivity index (χ2n) is 7.09. The first-order valence-electron chi connectivity index (χ1n) is 9.33. The quantitative estimate of drug-likeness (QED) is 0.792. The number of piperidine rings is 1. The van der Waals surface area contributed by atoms with Gasteiger partial charge >= 0.3 is 0 Å². The van der Waals surface area contributed by atoms with Gasteiger partial charge in [0.1, 0.15) is 5.76 Å². The minimum Gasteiger partial charge on any atom is -0.467 e. The van der Waals surface area contributed by atoms with Gasteiger partial charge in [-0.2, -0.15) is 0 Å². The van der Waals surface area contributed by atoms with Crippen molar-refractivity contribution in [3.05, 3.63) is 47.9 Å². The summed E-state index contributed by atoms with van der Waals surface area (Å²) < 4.78 is 16.4. The zero-order chi connectivity index (χ0) is 18.6. The molecule has 0 radical (unpaired) electrons. The highest BCUT2D eigenvalue weighted by atomic mass is 32.1. The number of nitrogens with one attached hydrogen (secondary N) is 1. The molecule has 7 heteroatoms. The van der Waals surface area contributed by atoms with E-state index in [-0.39, 0.29) is 0 Å². The summed E-state index contributed by atoms with van der Waals surface area (Å²) in [5.74, 6) is 2.50. The van der Waals surface area contributed by atoms with Gasteiger partial charge in [-0.1, -0.05) is 6.07 Å². The Hall–Kier alpha value is -2.25. The average Bonchev–Trinajstić information content (AvgIpc) is 3.36. The highest BCUT2D eigenvalue weighted by Crippen LogP contribution is 2.33. The zero-order valence-corrected chi connectivity index (χ0v) is 16.3. The topological polar surface area (TPSA) is 50.1 Å². The van der Waals surface area contributed by atoms with Gasteiger partial charge in [-0.05, 0) is 75.0 Å². The molecule has 4 rings (SSSR count). The maximum absolute atomic E-state index is 5.76. The Morgan fingerprint density at radius 2 is 2.04 bits per heavy atom. The van der Waals surface area contributed by atoms with Crippen LogP contribution in [-0.2, 0) is 13.1 Å². The Kier molecular flexibility index (Phi) is 5.50. The summed E-state index contributed by atoms with van der Waals surface area (Å²) in [7, 11) is 2.17. The van der Waals surface area contributed by atoms with Crippen molar-refractivity contribution in [3.63, 3.8) is 0 Å². The molecule has 0 atom stereocenters. The maximum atomic E-state index is 5.76. The minimum absolute atomic E-state index is 0.292. The number of nitrogens with zero attached hydrogens (tertiary/aromatic N) is 2. The summed E-state index contributed by atoms with van der Waals surface area (Å²) in [4.78, 5) is 4.68. The van der Waals surface area contributed by atoms with E-state index in [1.807, 2.05) is 18.2 Å². The third kappa shape index (κ3) is 4.36. The first-order chi connectivity index (χ1) is 13.2. The van der Waals surface area contributed by atoms with Crippen LogP contribution in [0.3, 0.4) is 0 Å². The van der Waals surface area contributed by atoms with E-state index < -0.39 is 0 Å². The summed E-state index contributed by atoms with van der Waals surface area (Å²) in [6.45, 7) is 3.80. The number of ether oxygens (including phenoxy) is 2. The molecular formula is C20H25N3O3S. The summed E-state index contributed by atoms with van der Waals surface area (Å²) >= 11 is 5.76. The van der Waals surface area contributed by atoms with Crippen LogP contribution in [-0.4, -0.2) is 47.9 Å². The van der Waals surface area contributed by atoms with E-state index in [0.29, 0.717) is 19.4 Å². The lowest BCUT2D eigenvalue weighted by Gasteiger charge is -2.39. The number of benzene rings is 1. The molecule has 144 valence electrons. The smallest absolute Gasteiger partial charge is 0.231 e. The molecule has 0 amide bonds. The molecular weight excluding hydrogens is 362 g/mol. The molecule has 0 saturated carbocycles. The summed E-state index contributed by atoms with van der Waals surface area (Å²) in [5.41, 5.74) is 1.17. The van der Waals surface area contributed by atoms with Crippen LogP contribution in [0, 0.1) is 0 Å². The second-order valence-corrected chi connectivity index (χ2v) is 7.47. The molecule has 1 fully saturated rings. The SMILES string of the molecule is CN1CCC(N(Cc2ccc3c(c2)OCO3)C(=S)NCc2ccco2)CC1. The third-order valence-corrected chi connectivity index (χ3v) is 5.55. The van der Waals surface area contributed by atoms with Gasteiger partial charge in [0.2, 0.25) is 6.79 Å². The van der Waals surface area contributed by atoms with Crippen LogP contribution >= 0.6 is 12.2 Å². The van der Waals surface area contributed by atoms with Crippen LogP contribution in [0.1, 0.15) is 24.2 Å². The molecule has 3 heterocycles. The Morgan fingerprint density at radius 3 is 2.81 bits per heavy atom. The highest BCUT2D eigenvalue weighted by molar-refractivity contribution is 7.80. The van der Waals surface area contributed by atoms with Gasteiger partial charge in [0.05, 0.1) is 12.8 Å². The fraction of sp³-hybridized carbons (Fsp3) is 0.450. The Morgan fingerprint density at radius 1 is 1.22 bits per heavy atom. The number of hydrogen-bond donors (Lipinski definition) is 1.